The Morgan fingerprint density at radius 3 is 2.94 bits per heavy atom. The van der Waals surface area contributed by atoms with E-state index in [9.17, 15) is 4.79 Å². The molecule has 1 aromatic carbocycles. The summed E-state index contributed by atoms with van der Waals surface area (Å²) in [4.78, 5) is 26.9. The van der Waals surface area contributed by atoms with Crippen molar-refractivity contribution in [3.05, 3.63) is 53.1 Å². The van der Waals surface area contributed by atoms with Crippen LogP contribution in [0.3, 0.4) is 0 Å². The summed E-state index contributed by atoms with van der Waals surface area (Å²) < 4.78 is 5.43. The number of likely N-dealkylation sites (tertiary alicyclic amines) is 1. The Bertz CT molecular complexity index is 1160. The van der Waals surface area contributed by atoms with E-state index >= 15 is 0 Å². The van der Waals surface area contributed by atoms with Gasteiger partial charge in [0.05, 0.1) is 18.8 Å². The van der Waals surface area contributed by atoms with Crippen LogP contribution in [0.25, 0.3) is 11.1 Å². The van der Waals surface area contributed by atoms with Crippen molar-refractivity contribution in [2.45, 2.75) is 38.1 Å². The Morgan fingerprint density at radius 2 is 2.12 bits per heavy atom. The molecule has 0 saturated carbocycles. The molecule has 5 rings (SSSR count). The van der Waals surface area contributed by atoms with Crippen molar-refractivity contribution < 1.29 is 9.53 Å². The van der Waals surface area contributed by atoms with Crippen LogP contribution in [0.4, 0.5) is 5.95 Å². The first-order valence-corrected chi connectivity index (χ1v) is 11.1. The van der Waals surface area contributed by atoms with Crippen LogP contribution in [0.1, 0.15) is 52.7 Å². The monoisotopic (exact) mass is 432 g/mol. The third-order valence-electron chi connectivity index (χ3n) is 6.42. The number of carbonyl (C=O) groups excluding carboxylic acids is 1. The fourth-order valence-electron chi connectivity index (χ4n) is 4.79. The van der Waals surface area contributed by atoms with Crippen molar-refractivity contribution in [1.29, 1.82) is 0 Å². The van der Waals surface area contributed by atoms with Gasteiger partial charge in [-0.15, -0.1) is 0 Å². The summed E-state index contributed by atoms with van der Waals surface area (Å²) in [5.41, 5.74) is 5.55. The first kappa shape index (κ1) is 20.5. The number of aromatic nitrogens is 4. The Kier molecular flexibility index (Phi) is 5.28. The number of H-pyrrole nitrogens is 1. The Balaban J connectivity index is 1.57. The lowest BCUT2D eigenvalue weighted by atomic mass is 9.99. The van der Waals surface area contributed by atoms with Gasteiger partial charge in [0.15, 0.2) is 5.69 Å². The van der Waals surface area contributed by atoms with Crippen molar-refractivity contribution >= 4 is 11.9 Å². The molecule has 8 nitrogen and oxygen atoms in total. The Morgan fingerprint density at radius 1 is 1.25 bits per heavy atom. The van der Waals surface area contributed by atoms with E-state index in [4.69, 9.17) is 9.72 Å². The second kappa shape index (κ2) is 8.26. The molecule has 1 N–H and O–H groups in total. The van der Waals surface area contributed by atoms with Crippen molar-refractivity contribution in [1.82, 2.24) is 25.1 Å². The first-order chi connectivity index (χ1) is 15.6. The summed E-state index contributed by atoms with van der Waals surface area (Å²) in [7, 11) is 5.51. The van der Waals surface area contributed by atoms with E-state index in [1.165, 1.54) is 0 Å². The van der Waals surface area contributed by atoms with E-state index in [1.54, 1.807) is 7.11 Å². The van der Waals surface area contributed by atoms with Gasteiger partial charge < -0.3 is 14.5 Å². The summed E-state index contributed by atoms with van der Waals surface area (Å²) in [6.45, 7) is 0.698. The average molecular weight is 433 g/mol. The normalized spacial score (nSPS) is 17.5. The van der Waals surface area contributed by atoms with Gasteiger partial charge in [-0.05, 0) is 49.8 Å². The minimum absolute atomic E-state index is 0.00601. The second-order valence-corrected chi connectivity index (χ2v) is 8.63. The maximum absolute atomic E-state index is 13.6. The minimum atomic E-state index is -0.126. The lowest BCUT2D eigenvalue weighted by Gasteiger charge is -2.26. The molecule has 1 saturated heterocycles. The molecular weight excluding hydrogens is 404 g/mol. The van der Waals surface area contributed by atoms with Gasteiger partial charge in [-0.25, -0.2) is 9.97 Å². The molecular formula is C24H28N6O2. The molecule has 0 bridgehead atoms. The van der Waals surface area contributed by atoms with Crippen molar-refractivity contribution in [3.63, 3.8) is 0 Å². The van der Waals surface area contributed by atoms with Crippen LogP contribution in [0.15, 0.2) is 30.5 Å². The molecule has 0 unspecified atom stereocenters. The molecule has 1 amide bonds. The highest BCUT2D eigenvalue weighted by molar-refractivity contribution is 5.94. The topological polar surface area (TPSA) is 87.2 Å². The molecule has 1 aliphatic carbocycles. The number of anilines is 1. The molecule has 0 radical (unpaired) electrons. The number of amides is 1. The molecule has 0 spiro atoms. The van der Waals surface area contributed by atoms with Gasteiger partial charge in [-0.1, -0.05) is 12.1 Å². The van der Waals surface area contributed by atoms with E-state index < -0.39 is 0 Å². The van der Waals surface area contributed by atoms with Gasteiger partial charge in [0.1, 0.15) is 5.75 Å². The smallest absolute Gasteiger partial charge is 0.275 e. The zero-order valence-electron chi connectivity index (χ0n) is 18.8. The van der Waals surface area contributed by atoms with E-state index in [-0.39, 0.29) is 11.9 Å². The average Bonchev–Trinajstić information content (AvgIpc) is 3.55. The Labute approximate surface area is 187 Å². The number of benzene rings is 1. The number of methoxy groups -OCH3 is 1. The fraction of sp³-hybridized carbons (Fsp3) is 0.417. The maximum atomic E-state index is 13.6. The molecule has 2 aliphatic rings. The van der Waals surface area contributed by atoms with Gasteiger partial charge >= 0.3 is 0 Å². The van der Waals surface area contributed by atoms with Crippen LogP contribution >= 0.6 is 0 Å². The van der Waals surface area contributed by atoms with Crippen LogP contribution in [-0.4, -0.2) is 58.7 Å². The predicted molar refractivity (Wildman–Crippen MR) is 122 cm³/mol. The number of hydrogen-bond donors (Lipinski definition) is 1. The number of fused-ring (bicyclic) bond motifs is 1. The van der Waals surface area contributed by atoms with Crippen molar-refractivity contribution in [2.24, 2.45) is 0 Å². The molecule has 1 fully saturated rings. The number of ether oxygens (including phenoxy) is 1. The molecule has 1 aliphatic heterocycles. The highest BCUT2D eigenvalue weighted by Crippen LogP contribution is 2.39. The highest BCUT2D eigenvalue weighted by Gasteiger charge is 2.36. The quantitative estimate of drug-likeness (QED) is 0.665. The molecule has 1 atom stereocenters. The zero-order valence-corrected chi connectivity index (χ0v) is 18.8. The van der Waals surface area contributed by atoms with Crippen LogP contribution in [0, 0.1) is 0 Å². The Hall–Kier alpha value is -3.42. The predicted octanol–water partition coefficient (Wildman–Crippen LogP) is 3.41. The summed E-state index contributed by atoms with van der Waals surface area (Å²) >= 11 is 0. The number of nitrogens with zero attached hydrogens (tertiary/aromatic N) is 5. The maximum Gasteiger partial charge on any atom is 0.275 e. The number of aromatic amines is 1. The largest absolute Gasteiger partial charge is 0.497 e. The molecule has 3 heterocycles. The number of nitrogens with one attached hydrogen (secondary N) is 1. The molecule has 8 heteroatoms. The van der Waals surface area contributed by atoms with Crippen LogP contribution in [0.2, 0.25) is 0 Å². The minimum Gasteiger partial charge on any atom is -0.497 e. The zero-order chi connectivity index (χ0) is 22.2. The highest BCUT2D eigenvalue weighted by atomic mass is 16.5. The third-order valence-corrected chi connectivity index (χ3v) is 6.42. The standard InChI is InChI=1S/C24H28N6O2/c1-29(2)24-25-14-18(15-7-4-8-16(13-15)32-3)21(26-24)20-11-6-12-30(20)23(31)22-17-9-5-10-19(17)27-28-22/h4,7-8,13-14,20H,5-6,9-12H2,1-3H3,(H,27,28)/t20-/m1/s1. The van der Waals surface area contributed by atoms with E-state index in [0.29, 0.717) is 18.2 Å². The number of rotatable bonds is 5. The summed E-state index contributed by atoms with van der Waals surface area (Å²) in [5, 5.41) is 7.46. The van der Waals surface area contributed by atoms with Crippen molar-refractivity contribution in [2.75, 3.05) is 32.6 Å². The second-order valence-electron chi connectivity index (χ2n) is 8.63. The molecule has 3 aromatic rings. The van der Waals surface area contributed by atoms with Crippen molar-refractivity contribution in [3.8, 4) is 16.9 Å². The van der Waals surface area contributed by atoms with Crippen LogP contribution < -0.4 is 9.64 Å². The fourth-order valence-corrected chi connectivity index (χ4v) is 4.79. The van der Waals surface area contributed by atoms with E-state index in [0.717, 1.165) is 65.9 Å². The van der Waals surface area contributed by atoms with Gasteiger partial charge in [0.2, 0.25) is 5.95 Å². The number of carbonyl (C=O) groups is 1. The van der Waals surface area contributed by atoms with Gasteiger partial charge in [0.25, 0.3) is 5.91 Å². The van der Waals surface area contributed by atoms with Crippen LogP contribution in [0.5, 0.6) is 5.75 Å². The van der Waals surface area contributed by atoms with Gasteiger partial charge in [-0.3, -0.25) is 9.89 Å². The van der Waals surface area contributed by atoms with Gasteiger partial charge in [-0.2, -0.15) is 5.10 Å². The summed E-state index contributed by atoms with van der Waals surface area (Å²) in [5.74, 6) is 1.40. The summed E-state index contributed by atoms with van der Waals surface area (Å²) in [6.07, 6.45) is 6.61. The van der Waals surface area contributed by atoms with E-state index in [1.807, 2.05) is 54.4 Å². The third kappa shape index (κ3) is 3.49. The first-order valence-electron chi connectivity index (χ1n) is 11.1. The van der Waals surface area contributed by atoms with E-state index in [2.05, 4.69) is 15.2 Å². The number of aryl methyl sites for hydroxylation is 1. The molecule has 166 valence electrons. The molecule has 2 aromatic heterocycles. The lowest BCUT2D eigenvalue weighted by molar-refractivity contribution is 0.0726. The number of hydrogen-bond acceptors (Lipinski definition) is 6. The molecule has 32 heavy (non-hydrogen) atoms. The lowest BCUT2D eigenvalue weighted by Crippen LogP contribution is -2.32. The summed E-state index contributed by atoms with van der Waals surface area (Å²) in [6, 6.07) is 7.77. The van der Waals surface area contributed by atoms with Gasteiger partial charge in [0, 0.05) is 43.7 Å². The van der Waals surface area contributed by atoms with Crippen LogP contribution in [-0.2, 0) is 12.8 Å². The SMILES string of the molecule is COc1cccc(-c2cnc(N(C)C)nc2[C@H]2CCCN2C(=O)c2n[nH]c3c2CCC3)c1.